The van der Waals surface area contributed by atoms with Gasteiger partial charge in [0.1, 0.15) is 0 Å². The van der Waals surface area contributed by atoms with Gasteiger partial charge in [-0.2, -0.15) is 0 Å². The fourth-order valence-electron chi connectivity index (χ4n) is 4.68. The smallest absolute Gasteiger partial charge is 0.225 e. The van der Waals surface area contributed by atoms with Crippen LogP contribution < -0.4 is 0 Å². The van der Waals surface area contributed by atoms with Crippen LogP contribution in [0.1, 0.15) is 43.7 Å². The molecule has 0 aliphatic carbocycles. The molecule has 0 spiro atoms. The lowest BCUT2D eigenvalue weighted by atomic mass is 9.78. The second kappa shape index (κ2) is 8.35. The highest BCUT2D eigenvalue weighted by Crippen LogP contribution is 2.32. The van der Waals surface area contributed by atoms with Crippen molar-refractivity contribution in [2.24, 2.45) is 17.8 Å². The van der Waals surface area contributed by atoms with Gasteiger partial charge in [0.15, 0.2) is 0 Å². The summed E-state index contributed by atoms with van der Waals surface area (Å²) in [6, 6.07) is 8.55. The van der Waals surface area contributed by atoms with E-state index in [1.807, 2.05) is 0 Å². The molecule has 0 bridgehead atoms. The van der Waals surface area contributed by atoms with Crippen LogP contribution in [0.4, 0.5) is 0 Å². The number of nitrogens with zero attached hydrogens (tertiary/aromatic N) is 2. The van der Waals surface area contributed by atoms with Gasteiger partial charge >= 0.3 is 0 Å². The Bertz CT molecular complexity index is 569. The Morgan fingerprint density at radius 1 is 1.08 bits per heavy atom. The minimum atomic E-state index is 0.0849. The summed E-state index contributed by atoms with van der Waals surface area (Å²) in [5, 5.41) is 0. The van der Waals surface area contributed by atoms with Crippen molar-refractivity contribution in [2.45, 2.75) is 46.0 Å². The Morgan fingerprint density at radius 2 is 1.68 bits per heavy atom. The molecule has 138 valence electrons. The second-order valence-electron chi connectivity index (χ2n) is 8.40. The molecule has 1 amide bonds. The van der Waals surface area contributed by atoms with Crippen molar-refractivity contribution in [3.63, 3.8) is 0 Å². The molecule has 0 unspecified atom stereocenters. The van der Waals surface area contributed by atoms with Crippen LogP contribution in [0.3, 0.4) is 0 Å². The van der Waals surface area contributed by atoms with E-state index in [1.54, 1.807) is 0 Å². The zero-order chi connectivity index (χ0) is 17.8. The monoisotopic (exact) mass is 342 g/mol. The lowest BCUT2D eigenvalue weighted by Gasteiger charge is -2.40. The van der Waals surface area contributed by atoms with E-state index in [0.717, 1.165) is 31.3 Å². The number of aryl methyl sites for hydroxylation is 1. The normalized spacial score (nSPS) is 22.1. The maximum atomic E-state index is 12.8. The van der Waals surface area contributed by atoms with E-state index in [-0.39, 0.29) is 5.92 Å². The summed E-state index contributed by atoms with van der Waals surface area (Å²) >= 11 is 0. The number of piperidine rings is 2. The fraction of sp³-hybridized carbons (Fsp3) is 0.682. The van der Waals surface area contributed by atoms with Gasteiger partial charge in [-0.05, 0) is 76.6 Å². The number of likely N-dealkylation sites (tertiary alicyclic amines) is 2. The van der Waals surface area contributed by atoms with Crippen LogP contribution in [0, 0.1) is 24.7 Å². The highest BCUT2D eigenvalue weighted by atomic mass is 16.2. The van der Waals surface area contributed by atoms with Crippen molar-refractivity contribution in [1.82, 2.24) is 9.80 Å². The molecule has 2 heterocycles. The molecule has 3 heteroatoms. The first-order valence-corrected chi connectivity index (χ1v) is 10.1. The van der Waals surface area contributed by atoms with Crippen molar-refractivity contribution in [2.75, 3.05) is 33.2 Å². The van der Waals surface area contributed by atoms with Crippen molar-refractivity contribution in [3.8, 4) is 0 Å². The predicted octanol–water partition coefficient (Wildman–Crippen LogP) is 3.75. The molecule has 0 saturated carbocycles. The number of hydrogen-bond acceptors (Lipinski definition) is 2. The van der Waals surface area contributed by atoms with Crippen molar-refractivity contribution in [1.29, 1.82) is 0 Å². The van der Waals surface area contributed by atoms with Crippen LogP contribution in [-0.2, 0) is 11.2 Å². The summed E-state index contributed by atoms with van der Waals surface area (Å²) in [5.74, 6) is 2.16. The standard InChI is InChI=1S/C22H34N2O/c1-17-5-4-6-19(15-17)16-18(2)22(25)24-13-9-21(10-14-24)20-7-11-23(3)12-8-20/h4-6,15,18,20-21H,7-14,16H2,1-3H3/t18-/m1/s1. The third-order valence-corrected chi connectivity index (χ3v) is 6.33. The largest absolute Gasteiger partial charge is 0.342 e. The first kappa shape index (κ1) is 18.4. The van der Waals surface area contributed by atoms with Gasteiger partial charge in [-0.15, -0.1) is 0 Å². The Labute approximate surface area is 153 Å². The van der Waals surface area contributed by atoms with Gasteiger partial charge in [-0.25, -0.2) is 0 Å². The average molecular weight is 343 g/mol. The van der Waals surface area contributed by atoms with Crippen LogP contribution in [-0.4, -0.2) is 48.9 Å². The number of benzene rings is 1. The quantitative estimate of drug-likeness (QED) is 0.832. The number of carbonyl (C=O) groups is 1. The van der Waals surface area contributed by atoms with Crippen molar-refractivity contribution >= 4 is 5.91 Å². The Hall–Kier alpha value is -1.35. The van der Waals surface area contributed by atoms with E-state index in [0.29, 0.717) is 5.91 Å². The zero-order valence-corrected chi connectivity index (χ0v) is 16.2. The van der Waals surface area contributed by atoms with Crippen LogP contribution in [0.25, 0.3) is 0 Å². The van der Waals surface area contributed by atoms with E-state index in [2.05, 4.69) is 55.0 Å². The Kier molecular flexibility index (Phi) is 6.16. The third-order valence-electron chi connectivity index (χ3n) is 6.33. The highest BCUT2D eigenvalue weighted by molar-refractivity contribution is 5.78. The molecule has 3 nitrogen and oxygen atoms in total. The minimum absolute atomic E-state index is 0.0849. The van der Waals surface area contributed by atoms with E-state index in [1.165, 1.54) is 49.9 Å². The summed E-state index contributed by atoms with van der Waals surface area (Å²) in [4.78, 5) is 17.4. The molecular formula is C22H34N2O. The van der Waals surface area contributed by atoms with Gasteiger partial charge in [-0.3, -0.25) is 4.79 Å². The third kappa shape index (κ3) is 4.84. The molecule has 25 heavy (non-hydrogen) atoms. The summed E-state index contributed by atoms with van der Waals surface area (Å²) in [6.07, 6.45) is 5.96. The lowest BCUT2D eigenvalue weighted by Crippen LogP contribution is -2.44. The summed E-state index contributed by atoms with van der Waals surface area (Å²) in [6.45, 7) is 8.63. The van der Waals surface area contributed by atoms with Crippen LogP contribution in [0.5, 0.6) is 0 Å². The van der Waals surface area contributed by atoms with Gasteiger partial charge in [0, 0.05) is 19.0 Å². The first-order chi connectivity index (χ1) is 12.0. The molecule has 1 aromatic rings. The molecule has 2 aliphatic heterocycles. The summed E-state index contributed by atoms with van der Waals surface area (Å²) < 4.78 is 0. The van der Waals surface area contributed by atoms with E-state index in [9.17, 15) is 4.79 Å². The first-order valence-electron chi connectivity index (χ1n) is 10.1. The van der Waals surface area contributed by atoms with E-state index >= 15 is 0 Å². The highest BCUT2D eigenvalue weighted by Gasteiger charge is 2.31. The van der Waals surface area contributed by atoms with Gasteiger partial charge < -0.3 is 9.80 Å². The molecular weight excluding hydrogens is 308 g/mol. The molecule has 2 aliphatic rings. The molecule has 0 N–H and O–H groups in total. The van der Waals surface area contributed by atoms with Gasteiger partial charge in [0.25, 0.3) is 0 Å². The minimum Gasteiger partial charge on any atom is -0.342 e. The number of amides is 1. The van der Waals surface area contributed by atoms with E-state index < -0.39 is 0 Å². The maximum absolute atomic E-state index is 12.8. The molecule has 2 fully saturated rings. The van der Waals surface area contributed by atoms with Crippen molar-refractivity contribution in [3.05, 3.63) is 35.4 Å². The topological polar surface area (TPSA) is 23.6 Å². The molecule has 1 aromatic carbocycles. The zero-order valence-electron chi connectivity index (χ0n) is 16.2. The molecule has 1 atom stereocenters. The average Bonchev–Trinajstić information content (AvgIpc) is 2.62. The predicted molar refractivity (Wildman–Crippen MR) is 104 cm³/mol. The van der Waals surface area contributed by atoms with Gasteiger partial charge in [0.05, 0.1) is 0 Å². The Balaban J connectivity index is 1.47. The Morgan fingerprint density at radius 3 is 2.28 bits per heavy atom. The van der Waals surface area contributed by atoms with Gasteiger partial charge in [-0.1, -0.05) is 36.8 Å². The second-order valence-corrected chi connectivity index (χ2v) is 8.40. The van der Waals surface area contributed by atoms with Crippen molar-refractivity contribution < 1.29 is 4.79 Å². The van der Waals surface area contributed by atoms with Crippen LogP contribution >= 0.6 is 0 Å². The van der Waals surface area contributed by atoms with E-state index in [4.69, 9.17) is 0 Å². The molecule has 2 saturated heterocycles. The van der Waals surface area contributed by atoms with Gasteiger partial charge in [0.2, 0.25) is 5.91 Å². The molecule has 0 aromatic heterocycles. The SMILES string of the molecule is Cc1cccc(C[C@@H](C)C(=O)N2CCC(C3CCN(C)CC3)CC2)c1. The summed E-state index contributed by atoms with van der Waals surface area (Å²) in [5.41, 5.74) is 2.55. The summed E-state index contributed by atoms with van der Waals surface area (Å²) in [7, 11) is 2.23. The maximum Gasteiger partial charge on any atom is 0.225 e. The lowest BCUT2D eigenvalue weighted by molar-refractivity contribution is -0.136. The number of rotatable bonds is 4. The molecule has 3 rings (SSSR count). The van der Waals surface area contributed by atoms with Crippen LogP contribution in [0.15, 0.2) is 24.3 Å². The fourth-order valence-corrected chi connectivity index (χ4v) is 4.68. The molecule has 0 radical (unpaired) electrons. The number of carbonyl (C=O) groups excluding carboxylic acids is 1. The number of hydrogen-bond donors (Lipinski definition) is 0. The van der Waals surface area contributed by atoms with Crippen LogP contribution in [0.2, 0.25) is 0 Å².